The number of rotatable bonds is 6. The van der Waals surface area contributed by atoms with Crippen LogP contribution in [0.4, 0.5) is 5.82 Å². The summed E-state index contributed by atoms with van der Waals surface area (Å²) in [5.74, 6) is 2.87. The first-order valence-electron chi connectivity index (χ1n) is 11.2. The topological polar surface area (TPSA) is 34.6 Å². The van der Waals surface area contributed by atoms with Crippen molar-refractivity contribution in [2.75, 3.05) is 25.7 Å². The second kappa shape index (κ2) is 8.91. The maximum Gasteiger partial charge on any atom is 0.135 e. The van der Waals surface area contributed by atoms with Crippen LogP contribution in [0.2, 0.25) is 0 Å². The maximum atomic E-state index is 5.40. The summed E-state index contributed by atoms with van der Waals surface area (Å²) in [6.07, 6.45) is 8.59. The number of nitrogens with zero attached hydrogens (tertiary/aromatic N) is 2. The number of ether oxygens (including phenoxy) is 2. The Morgan fingerprint density at radius 2 is 1.59 bits per heavy atom. The highest BCUT2D eigenvalue weighted by Gasteiger charge is 2.29. The fourth-order valence-electron chi connectivity index (χ4n) is 4.77. The van der Waals surface area contributed by atoms with Crippen LogP contribution in [0, 0.1) is 0 Å². The van der Waals surface area contributed by atoms with E-state index in [1.165, 1.54) is 34.4 Å². The molecule has 1 aliphatic carbocycles. The summed E-state index contributed by atoms with van der Waals surface area (Å²) >= 11 is 0. The smallest absolute Gasteiger partial charge is 0.135 e. The summed E-state index contributed by atoms with van der Waals surface area (Å²) in [6, 6.07) is 20.9. The normalized spacial score (nSPS) is 15.8. The van der Waals surface area contributed by atoms with Crippen LogP contribution in [0.3, 0.4) is 0 Å². The van der Waals surface area contributed by atoms with Crippen molar-refractivity contribution in [3.05, 3.63) is 94.8 Å². The lowest BCUT2D eigenvalue weighted by Gasteiger charge is -2.23. The zero-order chi connectivity index (χ0) is 21.9. The summed E-state index contributed by atoms with van der Waals surface area (Å²) in [4.78, 5) is 7.17. The third-order valence-corrected chi connectivity index (χ3v) is 6.40. The number of methoxy groups -OCH3 is 2. The van der Waals surface area contributed by atoms with Crippen molar-refractivity contribution in [3.63, 3.8) is 0 Å². The van der Waals surface area contributed by atoms with Crippen molar-refractivity contribution < 1.29 is 9.47 Å². The number of fused-ring (bicyclic) bond motifs is 1. The number of pyridine rings is 1. The minimum atomic E-state index is 0.869. The molecule has 0 amide bonds. The van der Waals surface area contributed by atoms with Crippen molar-refractivity contribution >= 4 is 17.5 Å². The molecule has 2 aromatic carbocycles. The molecule has 2 aliphatic rings. The molecule has 2 heterocycles. The summed E-state index contributed by atoms with van der Waals surface area (Å²) in [7, 11) is 3.41. The molecule has 1 aliphatic heterocycles. The Labute approximate surface area is 189 Å². The second-order valence-electron chi connectivity index (χ2n) is 8.23. The van der Waals surface area contributed by atoms with Crippen LogP contribution in [-0.2, 0) is 6.42 Å². The first-order chi connectivity index (χ1) is 15.8. The van der Waals surface area contributed by atoms with Crippen LogP contribution in [0.1, 0.15) is 36.0 Å². The van der Waals surface area contributed by atoms with Gasteiger partial charge in [0.05, 0.1) is 14.2 Å². The number of hydrogen-bond acceptors (Lipinski definition) is 4. The van der Waals surface area contributed by atoms with Crippen LogP contribution in [-0.4, -0.2) is 25.7 Å². The third kappa shape index (κ3) is 3.89. The first-order valence-corrected chi connectivity index (χ1v) is 11.2. The van der Waals surface area contributed by atoms with Crippen LogP contribution in [0.5, 0.6) is 11.5 Å². The van der Waals surface area contributed by atoms with E-state index >= 15 is 0 Å². The maximum absolute atomic E-state index is 5.40. The standard InChI is InChI=1S/C28H28N2O2/c1-31-23-12-8-20(9-13-23)19-26(21-10-14-24(32-2)15-11-21)25-6-3-7-27(25)30-18-16-22-5-4-17-29-28(22)30/h4-5,8-15,17,19H,3,6-7,16,18H2,1-2H3/b26-19+. The van der Waals surface area contributed by atoms with E-state index in [0.29, 0.717) is 0 Å². The Balaban J connectivity index is 1.61. The van der Waals surface area contributed by atoms with Gasteiger partial charge >= 0.3 is 0 Å². The average Bonchev–Trinajstić information content (AvgIpc) is 3.50. The van der Waals surface area contributed by atoms with Gasteiger partial charge in [0.2, 0.25) is 0 Å². The molecule has 4 heteroatoms. The summed E-state index contributed by atoms with van der Waals surface area (Å²) in [6.45, 7) is 1.00. The Kier molecular flexibility index (Phi) is 5.68. The van der Waals surface area contributed by atoms with Gasteiger partial charge in [0.1, 0.15) is 17.3 Å². The van der Waals surface area contributed by atoms with Gasteiger partial charge in [0.25, 0.3) is 0 Å². The lowest BCUT2D eigenvalue weighted by molar-refractivity contribution is 0.414. The Morgan fingerprint density at radius 3 is 2.31 bits per heavy atom. The van der Waals surface area contributed by atoms with Crippen molar-refractivity contribution in [2.45, 2.75) is 25.7 Å². The van der Waals surface area contributed by atoms with Crippen molar-refractivity contribution in [1.29, 1.82) is 0 Å². The predicted molar refractivity (Wildman–Crippen MR) is 130 cm³/mol. The highest BCUT2D eigenvalue weighted by molar-refractivity contribution is 5.92. The molecule has 0 fully saturated rings. The number of allylic oxidation sites excluding steroid dienone is 3. The van der Waals surface area contributed by atoms with Gasteiger partial charge in [-0.1, -0.05) is 30.3 Å². The Hall–Kier alpha value is -3.53. The minimum absolute atomic E-state index is 0.869. The van der Waals surface area contributed by atoms with E-state index in [1.54, 1.807) is 14.2 Å². The molecule has 0 N–H and O–H groups in total. The molecule has 0 saturated heterocycles. The zero-order valence-corrected chi connectivity index (χ0v) is 18.7. The molecule has 0 spiro atoms. The van der Waals surface area contributed by atoms with E-state index in [0.717, 1.165) is 48.7 Å². The van der Waals surface area contributed by atoms with Gasteiger partial charge in [-0.05, 0) is 89.9 Å². The molecule has 0 saturated carbocycles. The van der Waals surface area contributed by atoms with Gasteiger partial charge in [-0.15, -0.1) is 0 Å². The van der Waals surface area contributed by atoms with Crippen LogP contribution in [0.25, 0.3) is 11.6 Å². The highest BCUT2D eigenvalue weighted by atomic mass is 16.5. The zero-order valence-electron chi connectivity index (χ0n) is 18.7. The van der Waals surface area contributed by atoms with E-state index in [4.69, 9.17) is 14.5 Å². The van der Waals surface area contributed by atoms with Gasteiger partial charge < -0.3 is 14.4 Å². The van der Waals surface area contributed by atoms with Gasteiger partial charge in [0, 0.05) is 18.4 Å². The van der Waals surface area contributed by atoms with Gasteiger partial charge in [-0.3, -0.25) is 0 Å². The van der Waals surface area contributed by atoms with Gasteiger partial charge in [0.15, 0.2) is 0 Å². The molecule has 0 atom stereocenters. The molecule has 0 radical (unpaired) electrons. The predicted octanol–water partition coefficient (Wildman–Crippen LogP) is 6.14. The lowest BCUT2D eigenvalue weighted by Crippen LogP contribution is -2.20. The average molecular weight is 425 g/mol. The van der Waals surface area contributed by atoms with E-state index in [9.17, 15) is 0 Å². The van der Waals surface area contributed by atoms with Crippen molar-refractivity contribution in [3.8, 4) is 11.5 Å². The number of hydrogen-bond donors (Lipinski definition) is 0. The number of anilines is 1. The summed E-state index contributed by atoms with van der Waals surface area (Å²) < 4.78 is 10.7. The lowest BCUT2D eigenvalue weighted by atomic mass is 9.94. The molecule has 1 aromatic heterocycles. The molecule has 0 unspecified atom stereocenters. The molecule has 4 nitrogen and oxygen atoms in total. The fourth-order valence-corrected chi connectivity index (χ4v) is 4.77. The van der Waals surface area contributed by atoms with E-state index in [2.05, 4.69) is 41.3 Å². The molecular weight excluding hydrogens is 396 g/mol. The molecule has 5 rings (SSSR count). The highest BCUT2D eigenvalue weighted by Crippen LogP contribution is 2.42. The molecular formula is C28H28N2O2. The summed E-state index contributed by atoms with van der Waals surface area (Å²) in [5.41, 5.74) is 7.82. The largest absolute Gasteiger partial charge is 0.497 e. The van der Waals surface area contributed by atoms with E-state index in [-0.39, 0.29) is 0 Å². The summed E-state index contributed by atoms with van der Waals surface area (Å²) in [5, 5.41) is 0. The second-order valence-corrected chi connectivity index (χ2v) is 8.23. The quantitative estimate of drug-likeness (QED) is 0.445. The number of aromatic nitrogens is 1. The Bertz CT molecular complexity index is 1160. The van der Waals surface area contributed by atoms with Crippen molar-refractivity contribution in [2.24, 2.45) is 0 Å². The van der Waals surface area contributed by atoms with Crippen molar-refractivity contribution in [1.82, 2.24) is 4.98 Å². The monoisotopic (exact) mass is 424 g/mol. The fraction of sp³-hybridized carbons (Fsp3) is 0.250. The number of benzene rings is 2. The third-order valence-electron chi connectivity index (χ3n) is 6.40. The van der Waals surface area contributed by atoms with Crippen LogP contribution in [0.15, 0.2) is 78.1 Å². The van der Waals surface area contributed by atoms with E-state index < -0.39 is 0 Å². The van der Waals surface area contributed by atoms with Gasteiger partial charge in [-0.2, -0.15) is 0 Å². The van der Waals surface area contributed by atoms with Gasteiger partial charge in [-0.25, -0.2) is 4.98 Å². The molecule has 0 bridgehead atoms. The minimum Gasteiger partial charge on any atom is -0.497 e. The Morgan fingerprint density at radius 1 is 0.875 bits per heavy atom. The molecule has 32 heavy (non-hydrogen) atoms. The van der Waals surface area contributed by atoms with Crippen LogP contribution >= 0.6 is 0 Å². The SMILES string of the molecule is COc1ccc(/C=C(/C2=C(N3CCc4cccnc43)CCC2)c2ccc(OC)cc2)cc1. The van der Waals surface area contributed by atoms with E-state index in [1.807, 2.05) is 36.5 Å². The molecule has 3 aromatic rings. The molecule has 162 valence electrons. The van der Waals surface area contributed by atoms with Crippen LogP contribution < -0.4 is 14.4 Å². The first kappa shape index (κ1) is 20.4.